The van der Waals surface area contributed by atoms with Gasteiger partial charge >= 0.3 is 11.9 Å². The average molecular weight is 406 g/mol. The maximum Gasteiger partial charge on any atom is 0.352 e. The molecule has 8 heteroatoms. The second kappa shape index (κ2) is 7.40. The van der Waals surface area contributed by atoms with Gasteiger partial charge in [-0.2, -0.15) is 0 Å². The summed E-state index contributed by atoms with van der Waals surface area (Å²) in [5, 5.41) is 12.6. The number of rotatable bonds is 4. The molecule has 152 valence electrons. The molecule has 2 heterocycles. The Morgan fingerprint density at radius 3 is 2.40 bits per heavy atom. The number of anilines is 2. The Labute approximate surface area is 172 Å². The zero-order chi connectivity index (χ0) is 21.4. The Bertz CT molecular complexity index is 1120. The zero-order valence-electron chi connectivity index (χ0n) is 16.2. The molecule has 2 aliphatic heterocycles. The molecule has 0 bridgehead atoms. The van der Waals surface area contributed by atoms with Crippen LogP contribution in [0.25, 0.3) is 0 Å². The highest BCUT2D eigenvalue weighted by atomic mass is 16.5. The molecule has 1 unspecified atom stereocenters. The zero-order valence-corrected chi connectivity index (χ0v) is 16.2. The van der Waals surface area contributed by atoms with E-state index in [2.05, 4.69) is 5.32 Å². The number of carbonyl (C=O) groups excluding carboxylic acids is 2. The highest BCUT2D eigenvalue weighted by molar-refractivity contribution is 6.19. The summed E-state index contributed by atoms with van der Waals surface area (Å²) in [5.41, 5.74) is 1.39. The number of amides is 1. The highest BCUT2D eigenvalue weighted by Gasteiger charge is 2.43. The summed E-state index contributed by atoms with van der Waals surface area (Å²) in [6.07, 6.45) is 1.45. The monoisotopic (exact) mass is 406 g/mol. The number of fused-ring (bicyclic) bond motifs is 3. The first kappa shape index (κ1) is 19.3. The summed E-state index contributed by atoms with van der Waals surface area (Å²) in [5.74, 6) is -2.71. The number of benzene rings is 2. The largest absolute Gasteiger partial charge is 0.497 e. The van der Waals surface area contributed by atoms with Crippen molar-refractivity contribution in [2.75, 3.05) is 24.4 Å². The number of aliphatic carboxylic acids is 1. The van der Waals surface area contributed by atoms with E-state index in [1.807, 2.05) is 0 Å². The van der Waals surface area contributed by atoms with Gasteiger partial charge in [0, 0.05) is 5.92 Å². The lowest BCUT2D eigenvalue weighted by atomic mass is 9.84. The number of esters is 1. The Hall–Kier alpha value is -4.07. The Balaban J connectivity index is 1.99. The van der Waals surface area contributed by atoms with Gasteiger partial charge in [-0.1, -0.05) is 24.3 Å². The van der Waals surface area contributed by atoms with Gasteiger partial charge in [0.25, 0.3) is 5.91 Å². The highest BCUT2D eigenvalue weighted by Crippen LogP contribution is 2.44. The van der Waals surface area contributed by atoms with Crippen molar-refractivity contribution in [3.05, 3.63) is 77.1 Å². The van der Waals surface area contributed by atoms with E-state index < -0.39 is 23.8 Å². The van der Waals surface area contributed by atoms with Crippen molar-refractivity contribution in [3.8, 4) is 5.75 Å². The summed E-state index contributed by atoms with van der Waals surface area (Å²) < 4.78 is 10.1. The first-order valence-electron chi connectivity index (χ1n) is 9.08. The fourth-order valence-corrected chi connectivity index (χ4v) is 3.71. The van der Waals surface area contributed by atoms with E-state index in [4.69, 9.17) is 9.47 Å². The van der Waals surface area contributed by atoms with Gasteiger partial charge in [0.1, 0.15) is 17.1 Å². The Morgan fingerprint density at radius 1 is 1.07 bits per heavy atom. The van der Waals surface area contributed by atoms with Crippen molar-refractivity contribution in [3.63, 3.8) is 0 Å². The third-order valence-corrected chi connectivity index (χ3v) is 5.06. The maximum atomic E-state index is 13.0. The predicted molar refractivity (Wildman–Crippen MR) is 108 cm³/mol. The summed E-state index contributed by atoms with van der Waals surface area (Å²) in [6, 6.07) is 13.6. The molecule has 0 fully saturated rings. The van der Waals surface area contributed by atoms with Gasteiger partial charge in [0.15, 0.2) is 0 Å². The number of carboxylic acids is 1. The third kappa shape index (κ3) is 2.98. The number of hydrogen-bond acceptors (Lipinski definition) is 6. The molecule has 0 radical (unpaired) electrons. The van der Waals surface area contributed by atoms with Crippen LogP contribution < -0.4 is 15.0 Å². The summed E-state index contributed by atoms with van der Waals surface area (Å²) in [7, 11) is 2.75. The molecule has 0 saturated heterocycles. The molecule has 2 aromatic carbocycles. The molecule has 4 rings (SSSR count). The summed E-state index contributed by atoms with van der Waals surface area (Å²) in [6.45, 7) is 0. The smallest absolute Gasteiger partial charge is 0.352 e. The lowest BCUT2D eigenvalue weighted by Crippen LogP contribution is -2.43. The quantitative estimate of drug-likeness (QED) is 0.752. The first-order chi connectivity index (χ1) is 14.5. The second-order valence-corrected chi connectivity index (χ2v) is 6.67. The van der Waals surface area contributed by atoms with E-state index in [9.17, 15) is 19.5 Å². The molecule has 1 amide bonds. The van der Waals surface area contributed by atoms with E-state index in [1.54, 1.807) is 48.5 Å². The number of para-hydroxylation sites is 2. The molecule has 0 saturated carbocycles. The minimum atomic E-state index is -1.22. The van der Waals surface area contributed by atoms with Crippen LogP contribution in [0.5, 0.6) is 5.75 Å². The van der Waals surface area contributed by atoms with Gasteiger partial charge in [-0.3, -0.25) is 9.69 Å². The van der Waals surface area contributed by atoms with Crippen LogP contribution in [0.4, 0.5) is 11.4 Å². The van der Waals surface area contributed by atoms with Crippen LogP contribution in [0, 0.1) is 0 Å². The van der Waals surface area contributed by atoms with E-state index in [0.29, 0.717) is 22.7 Å². The van der Waals surface area contributed by atoms with Crippen LogP contribution in [0.1, 0.15) is 11.5 Å². The summed E-state index contributed by atoms with van der Waals surface area (Å²) >= 11 is 0. The number of allylic oxidation sites excluding steroid dienone is 1. The number of nitrogens with one attached hydrogen (secondary N) is 1. The minimum absolute atomic E-state index is 0.0552. The van der Waals surface area contributed by atoms with Gasteiger partial charge < -0.3 is 19.9 Å². The molecule has 0 aromatic heterocycles. The fraction of sp³-hybridized carbons (Fsp3) is 0.136. The number of ether oxygens (including phenoxy) is 2. The fourth-order valence-electron chi connectivity index (χ4n) is 3.71. The van der Waals surface area contributed by atoms with Crippen molar-refractivity contribution < 1.29 is 29.0 Å². The summed E-state index contributed by atoms with van der Waals surface area (Å²) in [4.78, 5) is 39.2. The third-order valence-electron chi connectivity index (χ3n) is 5.06. The number of hydrogen-bond donors (Lipinski definition) is 2. The van der Waals surface area contributed by atoms with E-state index in [0.717, 1.165) is 0 Å². The van der Waals surface area contributed by atoms with Gasteiger partial charge in [0.05, 0.1) is 31.2 Å². The molecular weight excluding hydrogens is 388 g/mol. The standard InChI is InChI=1S/C22H18N2O6/c1-29-13-9-7-12(8-10-13)14-11-17(21(26)27)24-16-6-4-3-5-15(16)23-20(25)19(24)18(14)22(28)30-2/h3-11,14H,1-2H3,(H,23,25)(H,26,27). The van der Waals surface area contributed by atoms with Crippen LogP contribution in [0.3, 0.4) is 0 Å². The minimum Gasteiger partial charge on any atom is -0.497 e. The number of nitrogens with zero attached hydrogens (tertiary/aromatic N) is 1. The van der Waals surface area contributed by atoms with Gasteiger partial charge in [-0.05, 0) is 35.9 Å². The topological polar surface area (TPSA) is 105 Å². The van der Waals surface area contributed by atoms with Crippen molar-refractivity contribution >= 4 is 29.2 Å². The van der Waals surface area contributed by atoms with Gasteiger partial charge in [-0.25, -0.2) is 9.59 Å². The van der Waals surface area contributed by atoms with E-state index in [1.165, 1.54) is 25.2 Å². The molecular formula is C22H18N2O6. The SMILES string of the molecule is COC(=O)C1=C2C(=O)Nc3ccccc3N2C(C(=O)O)=CC1c1ccc(OC)cc1. The van der Waals surface area contributed by atoms with Crippen molar-refractivity contribution in [1.29, 1.82) is 0 Å². The molecule has 8 nitrogen and oxygen atoms in total. The normalized spacial score (nSPS) is 17.4. The number of carboxylic acid groups (broad SMARTS) is 1. The maximum absolute atomic E-state index is 13.0. The van der Waals surface area contributed by atoms with Crippen molar-refractivity contribution in [1.82, 2.24) is 0 Å². The van der Waals surface area contributed by atoms with Crippen LogP contribution >= 0.6 is 0 Å². The second-order valence-electron chi connectivity index (χ2n) is 6.67. The van der Waals surface area contributed by atoms with Crippen LogP contribution in [-0.2, 0) is 19.1 Å². The van der Waals surface area contributed by atoms with Crippen LogP contribution in [-0.4, -0.2) is 37.2 Å². The predicted octanol–water partition coefficient (Wildman–Crippen LogP) is 2.65. The number of methoxy groups -OCH3 is 2. The molecule has 2 aliphatic rings. The van der Waals surface area contributed by atoms with Crippen molar-refractivity contribution in [2.24, 2.45) is 0 Å². The Kier molecular flexibility index (Phi) is 4.75. The van der Waals surface area contributed by atoms with E-state index in [-0.39, 0.29) is 17.0 Å². The molecule has 1 atom stereocenters. The van der Waals surface area contributed by atoms with Crippen molar-refractivity contribution in [2.45, 2.75) is 5.92 Å². The molecule has 30 heavy (non-hydrogen) atoms. The molecule has 0 aliphatic carbocycles. The lowest BCUT2D eigenvalue weighted by molar-refractivity contribution is -0.137. The van der Waals surface area contributed by atoms with Crippen LogP contribution in [0.15, 0.2) is 71.6 Å². The van der Waals surface area contributed by atoms with Crippen LogP contribution in [0.2, 0.25) is 0 Å². The molecule has 0 spiro atoms. The first-order valence-corrected chi connectivity index (χ1v) is 9.08. The van der Waals surface area contributed by atoms with Gasteiger partial charge in [0.2, 0.25) is 0 Å². The molecule has 2 N–H and O–H groups in total. The molecule has 2 aromatic rings. The van der Waals surface area contributed by atoms with E-state index >= 15 is 0 Å². The van der Waals surface area contributed by atoms with Gasteiger partial charge in [-0.15, -0.1) is 0 Å². The Morgan fingerprint density at radius 2 is 1.77 bits per heavy atom. The average Bonchev–Trinajstić information content (AvgIpc) is 2.77. The number of carbonyl (C=O) groups is 3. The lowest BCUT2D eigenvalue weighted by Gasteiger charge is -2.38.